The lowest BCUT2D eigenvalue weighted by Gasteiger charge is -2.25. The van der Waals surface area contributed by atoms with Crippen LogP contribution in [-0.2, 0) is 0 Å². The Morgan fingerprint density at radius 2 is 1.04 bits per heavy atom. The Hall–Kier alpha value is -7.56. The van der Waals surface area contributed by atoms with Gasteiger partial charge in [0.05, 0.1) is 33.4 Å². The van der Waals surface area contributed by atoms with Crippen LogP contribution in [0.4, 0.5) is 0 Å². The van der Waals surface area contributed by atoms with E-state index in [9.17, 15) is 0 Å². The van der Waals surface area contributed by atoms with E-state index in [0.29, 0.717) is 0 Å². The van der Waals surface area contributed by atoms with Gasteiger partial charge in [0.15, 0.2) is 0 Å². The van der Waals surface area contributed by atoms with E-state index in [4.69, 9.17) is 14.7 Å². The summed E-state index contributed by atoms with van der Waals surface area (Å²) < 4.78 is 9.48. The van der Waals surface area contributed by atoms with Crippen molar-refractivity contribution < 1.29 is 4.74 Å². The van der Waals surface area contributed by atoms with Gasteiger partial charge < -0.3 is 9.30 Å². The molecule has 260 valence electrons. The topological polar surface area (TPSA) is 39.9 Å². The van der Waals surface area contributed by atoms with Gasteiger partial charge in [-0.1, -0.05) is 133 Å². The molecule has 0 fully saturated rings. The molecule has 12 rings (SSSR count). The molecule has 56 heavy (non-hydrogen) atoms. The maximum atomic E-state index is 7.06. The summed E-state index contributed by atoms with van der Waals surface area (Å²) in [5.41, 5.74) is 13.1. The Kier molecular flexibility index (Phi) is 6.60. The van der Waals surface area contributed by atoms with Gasteiger partial charge in [-0.2, -0.15) is 0 Å². The largest absolute Gasteiger partial charge is 0.455 e. The zero-order chi connectivity index (χ0) is 36.7. The monoisotopic (exact) mass is 713 g/mol. The van der Waals surface area contributed by atoms with E-state index in [-0.39, 0.29) is 0 Å². The second kappa shape index (κ2) is 12.0. The third-order valence-electron chi connectivity index (χ3n) is 11.3. The van der Waals surface area contributed by atoms with Gasteiger partial charge in [0.2, 0.25) is 0 Å². The van der Waals surface area contributed by atoms with Crippen LogP contribution in [-0.4, -0.2) is 14.5 Å². The lowest BCUT2D eigenvalue weighted by Crippen LogP contribution is -2.03. The van der Waals surface area contributed by atoms with Crippen molar-refractivity contribution in [3.63, 3.8) is 0 Å². The molecule has 4 heteroatoms. The number of hydrogen-bond acceptors (Lipinski definition) is 3. The van der Waals surface area contributed by atoms with Crippen molar-refractivity contribution in [1.82, 2.24) is 14.5 Å². The quantitative estimate of drug-likeness (QED) is 0.182. The van der Waals surface area contributed by atoms with E-state index in [2.05, 4.69) is 162 Å². The highest BCUT2D eigenvalue weighted by Crippen LogP contribution is 2.52. The Labute approximate surface area is 322 Å². The van der Waals surface area contributed by atoms with Crippen molar-refractivity contribution in [3.05, 3.63) is 188 Å². The third-order valence-corrected chi connectivity index (χ3v) is 11.3. The molecule has 0 bridgehead atoms. The summed E-state index contributed by atoms with van der Waals surface area (Å²) in [5, 5.41) is 7.18. The Morgan fingerprint density at radius 3 is 1.91 bits per heavy atom. The summed E-state index contributed by atoms with van der Waals surface area (Å²) in [6.45, 7) is 0. The molecule has 11 aromatic rings. The maximum Gasteiger partial charge on any atom is 0.144 e. The molecule has 0 spiro atoms. The maximum absolute atomic E-state index is 7.06. The van der Waals surface area contributed by atoms with Gasteiger partial charge >= 0.3 is 0 Å². The lowest BCUT2D eigenvalue weighted by molar-refractivity contribution is 0.488. The smallest absolute Gasteiger partial charge is 0.144 e. The molecule has 0 saturated carbocycles. The van der Waals surface area contributed by atoms with E-state index >= 15 is 0 Å². The van der Waals surface area contributed by atoms with Gasteiger partial charge in [0, 0.05) is 38.2 Å². The summed E-state index contributed by atoms with van der Waals surface area (Å²) >= 11 is 0. The molecule has 0 unspecified atom stereocenters. The molecule has 0 amide bonds. The minimum absolute atomic E-state index is 0.786. The summed E-state index contributed by atoms with van der Waals surface area (Å²) in [6.07, 6.45) is 0. The van der Waals surface area contributed by atoms with Crippen LogP contribution in [0.2, 0.25) is 0 Å². The number of benzene rings is 9. The Bertz CT molecular complexity index is 3400. The minimum atomic E-state index is 0.786. The average Bonchev–Trinajstić information content (AvgIpc) is 3.58. The molecule has 2 aromatic heterocycles. The first-order valence-corrected chi connectivity index (χ1v) is 19.0. The highest BCUT2D eigenvalue weighted by molar-refractivity contribution is 6.16. The van der Waals surface area contributed by atoms with E-state index in [0.717, 1.165) is 83.8 Å². The minimum Gasteiger partial charge on any atom is -0.455 e. The van der Waals surface area contributed by atoms with Crippen molar-refractivity contribution in [2.45, 2.75) is 0 Å². The summed E-state index contributed by atoms with van der Waals surface area (Å²) in [5.74, 6) is 1.61. The van der Waals surface area contributed by atoms with Crippen LogP contribution in [0.3, 0.4) is 0 Å². The van der Waals surface area contributed by atoms with Gasteiger partial charge in [0.25, 0.3) is 0 Å². The van der Waals surface area contributed by atoms with Gasteiger partial charge in [-0.25, -0.2) is 9.97 Å². The van der Waals surface area contributed by atoms with Crippen LogP contribution in [0.15, 0.2) is 188 Å². The Balaban J connectivity index is 1.07. The van der Waals surface area contributed by atoms with Gasteiger partial charge in [-0.05, 0) is 82.1 Å². The summed E-state index contributed by atoms with van der Waals surface area (Å²) in [6, 6.07) is 66.5. The van der Waals surface area contributed by atoms with E-state index in [1.807, 2.05) is 30.3 Å². The molecule has 0 atom stereocenters. The predicted molar refractivity (Wildman–Crippen MR) is 231 cm³/mol. The molecule has 9 aromatic carbocycles. The van der Waals surface area contributed by atoms with Crippen molar-refractivity contribution in [3.8, 4) is 62.0 Å². The SMILES string of the molecule is c1ccc(-c2cccc(-c3nc4ccccc4nc3-c3cccc4c3Oc3ccc(-n5c6ccccc6c6cc7ccccc7cc65)c5cccc-4c35)c2)cc1. The molecule has 4 nitrogen and oxygen atoms in total. The third kappa shape index (κ3) is 4.60. The first kappa shape index (κ1) is 30.9. The van der Waals surface area contributed by atoms with Crippen molar-refractivity contribution in [1.29, 1.82) is 0 Å². The zero-order valence-corrected chi connectivity index (χ0v) is 30.1. The van der Waals surface area contributed by atoms with E-state index in [1.165, 1.54) is 32.6 Å². The van der Waals surface area contributed by atoms with Crippen LogP contribution in [0.1, 0.15) is 0 Å². The van der Waals surface area contributed by atoms with Crippen LogP contribution < -0.4 is 4.74 Å². The standard InChI is InChI=1S/C52H31N3O/c1-2-13-32(14-3-1)33-17-10-18-36(29-33)50-51(54-44-25-8-7-24-43(44)53-50)41-23-12-21-39-38-20-11-22-40-46(27-28-48(49(38)40)56-52(39)41)55-45-26-9-6-19-37(45)42-30-34-15-4-5-16-35(34)31-47(42)55/h1-31H. The normalized spacial score (nSPS) is 12.1. The number of rotatable bonds is 4. The number of aromatic nitrogens is 3. The molecular weight excluding hydrogens is 683 g/mol. The highest BCUT2D eigenvalue weighted by Gasteiger charge is 2.27. The molecule has 0 aliphatic carbocycles. The molecule has 0 N–H and O–H groups in total. The van der Waals surface area contributed by atoms with Gasteiger partial charge in [-0.3, -0.25) is 0 Å². The van der Waals surface area contributed by atoms with Crippen molar-refractivity contribution in [2.75, 3.05) is 0 Å². The fourth-order valence-corrected chi connectivity index (χ4v) is 8.80. The number of fused-ring (bicyclic) bond motifs is 7. The van der Waals surface area contributed by atoms with Crippen LogP contribution in [0.5, 0.6) is 11.5 Å². The highest BCUT2D eigenvalue weighted by atomic mass is 16.5. The summed E-state index contributed by atoms with van der Waals surface area (Å²) in [4.78, 5) is 10.6. The summed E-state index contributed by atoms with van der Waals surface area (Å²) in [7, 11) is 0. The molecular formula is C52H31N3O. The van der Waals surface area contributed by atoms with Crippen molar-refractivity contribution in [2.24, 2.45) is 0 Å². The molecule has 0 radical (unpaired) electrons. The number of hydrogen-bond donors (Lipinski definition) is 0. The molecule has 1 aliphatic rings. The second-order valence-electron chi connectivity index (χ2n) is 14.5. The zero-order valence-electron chi connectivity index (χ0n) is 30.1. The van der Waals surface area contributed by atoms with Crippen LogP contribution in [0, 0.1) is 0 Å². The average molecular weight is 714 g/mol. The molecule has 3 heterocycles. The van der Waals surface area contributed by atoms with E-state index in [1.54, 1.807) is 0 Å². The van der Waals surface area contributed by atoms with Gasteiger partial charge in [-0.15, -0.1) is 0 Å². The predicted octanol–water partition coefficient (Wildman–Crippen LogP) is 13.8. The number of para-hydroxylation sites is 4. The van der Waals surface area contributed by atoms with Crippen LogP contribution >= 0.6 is 0 Å². The fraction of sp³-hybridized carbons (Fsp3) is 0. The first-order chi connectivity index (χ1) is 27.8. The van der Waals surface area contributed by atoms with Crippen molar-refractivity contribution >= 4 is 54.4 Å². The fourth-order valence-electron chi connectivity index (χ4n) is 8.80. The lowest BCUT2D eigenvalue weighted by atomic mass is 9.91. The van der Waals surface area contributed by atoms with Gasteiger partial charge in [0.1, 0.15) is 17.2 Å². The van der Waals surface area contributed by atoms with E-state index < -0.39 is 0 Å². The second-order valence-corrected chi connectivity index (χ2v) is 14.5. The number of nitrogens with zero attached hydrogens (tertiary/aromatic N) is 3. The van der Waals surface area contributed by atoms with Crippen LogP contribution in [0.25, 0.3) is 105 Å². The first-order valence-electron chi connectivity index (χ1n) is 19.0. The molecule has 1 aliphatic heterocycles. The number of ether oxygens (including phenoxy) is 1. The Morgan fingerprint density at radius 1 is 0.393 bits per heavy atom. The molecule has 0 saturated heterocycles.